The summed E-state index contributed by atoms with van der Waals surface area (Å²) in [5.41, 5.74) is 1.01. The molecule has 1 N–H and O–H groups in total. The lowest BCUT2D eigenvalue weighted by Gasteiger charge is -2.07. The Hall–Kier alpha value is -2.45. The summed E-state index contributed by atoms with van der Waals surface area (Å²) in [7, 11) is 1.61. The highest BCUT2D eigenvalue weighted by Crippen LogP contribution is 2.19. The highest BCUT2D eigenvalue weighted by atomic mass is 32.1. The number of nitrogens with zero attached hydrogens (tertiary/aromatic N) is 3. The van der Waals surface area contributed by atoms with E-state index in [1.165, 1.54) is 0 Å². The number of aromatic nitrogens is 3. The maximum atomic E-state index is 5.72. The molecule has 0 unspecified atom stereocenters. The lowest BCUT2D eigenvalue weighted by molar-refractivity contribution is 0.288. The van der Waals surface area contributed by atoms with Gasteiger partial charge < -0.3 is 9.47 Å². The number of H-pyrrole nitrogens is 1. The second-order valence-corrected chi connectivity index (χ2v) is 5.69. The van der Waals surface area contributed by atoms with Gasteiger partial charge in [0.1, 0.15) is 18.1 Å². The third kappa shape index (κ3) is 3.85. The number of aromatic amines is 1. The van der Waals surface area contributed by atoms with Gasteiger partial charge in [0.2, 0.25) is 4.77 Å². The Bertz CT molecular complexity index is 852. The van der Waals surface area contributed by atoms with E-state index >= 15 is 0 Å². The molecule has 0 atom stereocenters. The number of methoxy groups -OCH3 is 1. The molecule has 6 nitrogen and oxygen atoms in total. The molecule has 3 rings (SSSR count). The van der Waals surface area contributed by atoms with Crippen molar-refractivity contribution < 1.29 is 9.47 Å². The summed E-state index contributed by atoms with van der Waals surface area (Å²) in [6.07, 6.45) is 1.73. The van der Waals surface area contributed by atoms with Gasteiger partial charge in [-0.15, -0.1) is 0 Å². The van der Waals surface area contributed by atoms with Crippen LogP contribution in [-0.4, -0.2) is 28.2 Å². The van der Waals surface area contributed by atoms with E-state index in [0.717, 1.165) is 11.3 Å². The van der Waals surface area contributed by atoms with Crippen molar-refractivity contribution in [3.8, 4) is 11.5 Å². The van der Waals surface area contributed by atoms with Crippen LogP contribution in [-0.2, 0) is 6.61 Å². The predicted octanol–water partition coefficient (Wildman–Crippen LogP) is 3.47. The minimum Gasteiger partial charge on any atom is -0.497 e. The quantitative estimate of drug-likeness (QED) is 0.548. The maximum Gasteiger partial charge on any atom is 0.216 e. The third-order valence-corrected chi connectivity index (χ3v) is 3.96. The van der Waals surface area contributed by atoms with E-state index in [1.807, 2.05) is 35.0 Å². The molecule has 118 valence electrons. The van der Waals surface area contributed by atoms with Crippen molar-refractivity contribution in [2.45, 2.75) is 6.61 Å². The van der Waals surface area contributed by atoms with Crippen LogP contribution in [0, 0.1) is 4.77 Å². The second kappa shape index (κ2) is 7.21. The number of nitrogens with one attached hydrogen (secondary N) is 1. The summed E-state index contributed by atoms with van der Waals surface area (Å²) in [5, 5.41) is 15.2. The van der Waals surface area contributed by atoms with E-state index in [4.69, 9.17) is 21.7 Å². The van der Waals surface area contributed by atoms with Crippen LogP contribution in [0.2, 0.25) is 0 Å². The Kier molecular flexibility index (Phi) is 4.84. The average Bonchev–Trinajstić information content (AvgIpc) is 3.21. The summed E-state index contributed by atoms with van der Waals surface area (Å²) >= 11 is 6.81. The van der Waals surface area contributed by atoms with Gasteiger partial charge in [-0.3, -0.25) is 0 Å². The van der Waals surface area contributed by atoms with Gasteiger partial charge in [0, 0.05) is 11.6 Å². The molecule has 3 aromatic rings. The molecular formula is C15H14N4O2S2. The summed E-state index contributed by atoms with van der Waals surface area (Å²) in [5.74, 6) is 2.01. The van der Waals surface area contributed by atoms with E-state index in [-0.39, 0.29) is 6.61 Å². The minimum absolute atomic E-state index is 0.237. The highest BCUT2D eigenvalue weighted by molar-refractivity contribution is 7.71. The molecule has 0 amide bonds. The molecular weight excluding hydrogens is 332 g/mol. The fraction of sp³-hybridized carbons (Fsp3) is 0.133. The van der Waals surface area contributed by atoms with Crippen molar-refractivity contribution in [2.75, 3.05) is 7.11 Å². The maximum absolute atomic E-state index is 5.72. The van der Waals surface area contributed by atoms with E-state index < -0.39 is 0 Å². The molecule has 8 heteroatoms. The molecule has 0 aliphatic carbocycles. The van der Waals surface area contributed by atoms with Gasteiger partial charge >= 0.3 is 0 Å². The first kappa shape index (κ1) is 15.4. The van der Waals surface area contributed by atoms with Crippen molar-refractivity contribution in [1.29, 1.82) is 0 Å². The van der Waals surface area contributed by atoms with Crippen LogP contribution in [0.15, 0.2) is 46.2 Å². The standard InChI is InChI=1S/C15H14N4O2S2/c1-20-12-3-2-4-13(7-12)21-9-14-17-18-15(22)19(14)16-8-11-5-6-23-10-11/h2-8,10H,9H2,1H3,(H,18,22)/b16-8-. The van der Waals surface area contributed by atoms with Crippen molar-refractivity contribution in [1.82, 2.24) is 14.9 Å². The number of benzene rings is 1. The molecule has 0 radical (unpaired) electrons. The van der Waals surface area contributed by atoms with Crippen LogP contribution in [0.5, 0.6) is 11.5 Å². The highest BCUT2D eigenvalue weighted by Gasteiger charge is 2.06. The molecule has 0 spiro atoms. The van der Waals surface area contributed by atoms with Crippen LogP contribution in [0.25, 0.3) is 0 Å². The zero-order chi connectivity index (χ0) is 16.1. The fourth-order valence-electron chi connectivity index (χ4n) is 1.85. The van der Waals surface area contributed by atoms with E-state index in [1.54, 1.807) is 35.4 Å². The van der Waals surface area contributed by atoms with Crippen LogP contribution in [0.1, 0.15) is 11.4 Å². The Morgan fingerprint density at radius 3 is 3.04 bits per heavy atom. The van der Waals surface area contributed by atoms with Crippen LogP contribution >= 0.6 is 23.6 Å². The van der Waals surface area contributed by atoms with E-state index in [0.29, 0.717) is 16.3 Å². The van der Waals surface area contributed by atoms with Gasteiger partial charge in [0.05, 0.1) is 13.3 Å². The first-order valence-corrected chi connectivity index (χ1v) is 8.11. The number of ether oxygens (including phenoxy) is 2. The number of hydrogen-bond acceptors (Lipinski definition) is 6. The Balaban J connectivity index is 1.74. The Morgan fingerprint density at radius 2 is 2.26 bits per heavy atom. The van der Waals surface area contributed by atoms with E-state index in [9.17, 15) is 0 Å². The van der Waals surface area contributed by atoms with Gasteiger partial charge in [-0.2, -0.15) is 26.2 Å². The van der Waals surface area contributed by atoms with Crippen LogP contribution in [0.4, 0.5) is 0 Å². The summed E-state index contributed by atoms with van der Waals surface area (Å²) < 4.78 is 12.9. The summed E-state index contributed by atoms with van der Waals surface area (Å²) in [6.45, 7) is 0.237. The largest absolute Gasteiger partial charge is 0.497 e. The van der Waals surface area contributed by atoms with Crippen molar-refractivity contribution >= 4 is 29.8 Å². The zero-order valence-electron chi connectivity index (χ0n) is 12.3. The predicted molar refractivity (Wildman–Crippen MR) is 92.0 cm³/mol. The molecule has 2 aromatic heterocycles. The van der Waals surface area contributed by atoms with Crippen molar-refractivity contribution in [3.63, 3.8) is 0 Å². The molecule has 0 aliphatic rings. The monoisotopic (exact) mass is 346 g/mol. The number of thiophene rings is 1. The van der Waals surface area contributed by atoms with Gasteiger partial charge in [-0.05, 0) is 41.2 Å². The number of rotatable bonds is 6. The van der Waals surface area contributed by atoms with Crippen LogP contribution in [0.3, 0.4) is 0 Å². The van der Waals surface area contributed by atoms with Gasteiger partial charge in [-0.25, -0.2) is 5.10 Å². The second-order valence-electron chi connectivity index (χ2n) is 4.53. The molecule has 23 heavy (non-hydrogen) atoms. The summed E-state index contributed by atoms with van der Waals surface area (Å²) in [6, 6.07) is 9.35. The van der Waals surface area contributed by atoms with Gasteiger partial charge in [0.15, 0.2) is 5.82 Å². The van der Waals surface area contributed by atoms with Gasteiger partial charge in [0.25, 0.3) is 0 Å². The SMILES string of the molecule is COc1cccc(OCc2n[nH]c(=S)n2/N=C\c2ccsc2)c1. The first-order valence-electron chi connectivity index (χ1n) is 6.76. The van der Waals surface area contributed by atoms with Crippen molar-refractivity contribution in [3.05, 3.63) is 57.3 Å². The lowest BCUT2D eigenvalue weighted by Crippen LogP contribution is -2.04. The molecule has 0 saturated carbocycles. The average molecular weight is 346 g/mol. The molecule has 0 aliphatic heterocycles. The lowest BCUT2D eigenvalue weighted by atomic mass is 10.3. The van der Waals surface area contributed by atoms with E-state index in [2.05, 4.69) is 15.3 Å². The zero-order valence-corrected chi connectivity index (χ0v) is 13.9. The molecule has 0 saturated heterocycles. The third-order valence-electron chi connectivity index (χ3n) is 2.99. The first-order chi connectivity index (χ1) is 11.3. The normalized spacial score (nSPS) is 11.0. The molecule has 0 bridgehead atoms. The Labute approximate surface area is 142 Å². The smallest absolute Gasteiger partial charge is 0.216 e. The molecule has 2 heterocycles. The van der Waals surface area contributed by atoms with Crippen LogP contribution < -0.4 is 9.47 Å². The van der Waals surface area contributed by atoms with Crippen molar-refractivity contribution in [2.24, 2.45) is 5.10 Å². The number of hydrogen-bond donors (Lipinski definition) is 1. The summed E-state index contributed by atoms with van der Waals surface area (Å²) in [4.78, 5) is 0. The van der Waals surface area contributed by atoms with Gasteiger partial charge in [-0.1, -0.05) is 6.07 Å². The topological polar surface area (TPSA) is 64.4 Å². The molecule has 0 fully saturated rings. The fourth-order valence-corrected chi connectivity index (χ4v) is 2.66. The minimum atomic E-state index is 0.237. The Morgan fingerprint density at radius 1 is 1.39 bits per heavy atom. The molecule has 1 aromatic carbocycles.